The molecule has 2 nitrogen and oxygen atoms in total. The van der Waals surface area contributed by atoms with E-state index in [9.17, 15) is 4.79 Å². The predicted octanol–water partition coefficient (Wildman–Crippen LogP) is 5.95. The van der Waals surface area contributed by atoms with Crippen LogP contribution in [0.1, 0.15) is 5.76 Å². The number of rotatable bonds is 3. The SMILES string of the molecule is C=C/C=C1/Sc2cccc(-c3cc(=O)cc(C)o3)c2S/C1=C/C=C. The minimum Gasteiger partial charge on any atom is -0.461 e. The van der Waals surface area contributed by atoms with Gasteiger partial charge in [0.15, 0.2) is 5.43 Å². The summed E-state index contributed by atoms with van der Waals surface area (Å²) in [5.74, 6) is 1.21. The quantitative estimate of drug-likeness (QED) is 0.682. The van der Waals surface area contributed by atoms with Crippen LogP contribution >= 0.6 is 23.5 Å². The van der Waals surface area contributed by atoms with E-state index in [1.807, 2.05) is 24.3 Å². The number of benzene rings is 1. The van der Waals surface area contributed by atoms with Crippen molar-refractivity contribution in [3.05, 3.63) is 93.6 Å². The summed E-state index contributed by atoms with van der Waals surface area (Å²) < 4.78 is 5.79. The summed E-state index contributed by atoms with van der Waals surface area (Å²) in [6.07, 6.45) is 7.54. The van der Waals surface area contributed by atoms with Crippen LogP contribution in [0.15, 0.2) is 96.6 Å². The van der Waals surface area contributed by atoms with Gasteiger partial charge in [0.25, 0.3) is 0 Å². The van der Waals surface area contributed by atoms with E-state index in [2.05, 4.69) is 19.2 Å². The van der Waals surface area contributed by atoms with Gasteiger partial charge in [0.1, 0.15) is 11.5 Å². The Morgan fingerprint density at radius 1 is 1.04 bits per heavy atom. The lowest BCUT2D eigenvalue weighted by Gasteiger charge is -2.22. The molecule has 0 saturated heterocycles. The number of fused-ring (bicyclic) bond motifs is 1. The van der Waals surface area contributed by atoms with Crippen LogP contribution in [0, 0.1) is 6.92 Å². The van der Waals surface area contributed by atoms with Crippen molar-refractivity contribution in [3.63, 3.8) is 0 Å². The highest BCUT2D eigenvalue weighted by Crippen LogP contribution is 2.52. The molecule has 0 N–H and O–H groups in total. The van der Waals surface area contributed by atoms with Crippen LogP contribution in [0.3, 0.4) is 0 Å². The molecule has 3 rings (SSSR count). The maximum Gasteiger partial charge on any atom is 0.185 e. The molecule has 4 heteroatoms. The van der Waals surface area contributed by atoms with Crippen molar-refractivity contribution < 1.29 is 4.42 Å². The Hall–Kier alpha value is -2.17. The summed E-state index contributed by atoms with van der Waals surface area (Å²) in [5, 5.41) is 0. The molecule has 0 aliphatic carbocycles. The molecule has 1 aliphatic rings. The van der Waals surface area contributed by atoms with Gasteiger partial charge in [-0.25, -0.2) is 0 Å². The van der Waals surface area contributed by atoms with Crippen LogP contribution in [-0.2, 0) is 0 Å². The van der Waals surface area contributed by atoms with Crippen molar-refractivity contribution in [1.82, 2.24) is 0 Å². The second-order valence-corrected chi connectivity index (χ2v) is 7.27. The molecule has 0 bridgehead atoms. The lowest BCUT2D eigenvalue weighted by Crippen LogP contribution is -2.00. The zero-order valence-electron chi connectivity index (χ0n) is 13.2. The summed E-state index contributed by atoms with van der Waals surface area (Å²) in [7, 11) is 0. The van der Waals surface area contributed by atoms with Crippen molar-refractivity contribution in [3.8, 4) is 11.3 Å². The summed E-state index contributed by atoms with van der Waals surface area (Å²) in [6.45, 7) is 9.37. The highest BCUT2D eigenvalue weighted by molar-refractivity contribution is 8.11. The summed E-state index contributed by atoms with van der Waals surface area (Å²) in [5.41, 5.74) is 0.882. The van der Waals surface area contributed by atoms with Crippen molar-refractivity contribution in [1.29, 1.82) is 0 Å². The van der Waals surface area contributed by atoms with E-state index in [0.29, 0.717) is 11.5 Å². The lowest BCUT2D eigenvalue weighted by molar-refractivity contribution is 0.528. The maximum absolute atomic E-state index is 11.8. The first-order valence-electron chi connectivity index (χ1n) is 7.39. The first-order valence-corrected chi connectivity index (χ1v) is 9.02. The molecule has 0 amide bonds. The molecule has 2 aromatic rings. The molecule has 0 fully saturated rings. The Morgan fingerprint density at radius 2 is 1.75 bits per heavy atom. The molecule has 1 aromatic heterocycles. The normalized spacial score (nSPS) is 16.9. The molecule has 1 aliphatic heterocycles. The average Bonchev–Trinajstić information content (AvgIpc) is 2.54. The smallest absolute Gasteiger partial charge is 0.185 e. The number of allylic oxidation sites excluding steroid dienone is 4. The molecule has 120 valence electrons. The molecule has 0 spiro atoms. The number of thioether (sulfide) groups is 2. The average molecular weight is 352 g/mol. The third-order valence-electron chi connectivity index (χ3n) is 3.35. The fourth-order valence-corrected chi connectivity index (χ4v) is 4.83. The van der Waals surface area contributed by atoms with E-state index in [0.717, 1.165) is 25.2 Å². The zero-order valence-corrected chi connectivity index (χ0v) is 14.9. The van der Waals surface area contributed by atoms with Gasteiger partial charge >= 0.3 is 0 Å². The molecular weight excluding hydrogens is 336 g/mol. The van der Waals surface area contributed by atoms with Gasteiger partial charge < -0.3 is 4.42 Å². The standard InChI is InChI=1S/C20H16O2S2/c1-4-7-17-18(8-5-2)24-20-15(9-6-10-19(20)23-17)16-12-14(21)11-13(3)22-16/h4-12H,1-2H2,3H3/b17-7+,18-8+. The molecule has 0 saturated carbocycles. The molecule has 2 heterocycles. The second kappa shape index (κ2) is 7.16. The van der Waals surface area contributed by atoms with E-state index in [4.69, 9.17) is 4.42 Å². The number of hydrogen-bond donors (Lipinski definition) is 0. The van der Waals surface area contributed by atoms with Crippen LogP contribution in [0.5, 0.6) is 0 Å². The lowest BCUT2D eigenvalue weighted by atomic mass is 10.1. The summed E-state index contributed by atoms with van der Waals surface area (Å²) >= 11 is 3.33. The third kappa shape index (κ3) is 3.35. The van der Waals surface area contributed by atoms with Gasteiger partial charge in [-0.05, 0) is 25.1 Å². The molecular formula is C20H16O2S2. The van der Waals surface area contributed by atoms with Crippen LogP contribution in [0.25, 0.3) is 11.3 Å². The minimum atomic E-state index is -0.0473. The van der Waals surface area contributed by atoms with Gasteiger partial charge in [0.05, 0.1) is 0 Å². The van der Waals surface area contributed by atoms with Crippen LogP contribution < -0.4 is 5.43 Å². The van der Waals surface area contributed by atoms with Crippen molar-refractivity contribution in [2.75, 3.05) is 0 Å². The van der Waals surface area contributed by atoms with Gasteiger partial charge in [0, 0.05) is 37.3 Å². The van der Waals surface area contributed by atoms with Crippen molar-refractivity contribution >= 4 is 23.5 Å². The van der Waals surface area contributed by atoms with Gasteiger partial charge in [-0.15, -0.1) is 0 Å². The van der Waals surface area contributed by atoms with Crippen molar-refractivity contribution in [2.24, 2.45) is 0 Å². The van der Waals surface area contributed by atoms with Crippen LogP contribution in [0.4, 0.5) is 0 Å². The Balaban J connectivity index is 2.18. The van der Waals surface area contributed by atoms with Gasteiger partial charge in [0.2, 0.25) is 0 Å². The van der Waals surface area contributed by atoms with E-state index in [-0.39, 0.29) is 5.43 Å². The molecule has 0 unspecified atom stereocenters. The minimum absolute atomic E-state index is 0.0473. The first kappa shape index (κ1) is 16.7. The van der Waals surface area contributed by atoms with Crippen LogP contribution in [0.2, 0.25) is 0 Å². The monoisotopic (exact) mass is 352 g/mol. The van der Waals surface area contributed by atoms with Crippen molar-refractivity contribution in [2.45, 2.75) is 16.7 Å². The largest absolute Gasteiger partial charge is 0.461 e. The third-order valence-corrected chi connectivity index (χ3v) is 5.96. The zero-order chi connectivity index (χ0) is 17.1. The first-order chi connectivity index (χ1) is 11.6. The second-order valence-electron chi connectivity index (χ2n) is 5.14. The molecule has 0 radical (unpaired) electrons. The molecule has 24 heavy (non-hydrogen) atoms. The number of hydrogen-bond acceptors (Lipinski definition) is 4. The van der Waals surface area contributed by atoms with Crippen LogP contribution in [-0.4, -0.2) is 0 Å². The fraction of sp³-hybridized carbons (Fsp3) is 0.0500. The topological polar surface area (TPSA) is 30.2 Å². The van der Waals surface area contributed by atoms with Gasteiger partial charge in [-0.1, -0.05) is 61.0 Å². The highest BCUT2D eigenvalue weighted by Gasteiger charge is 2.23. The Morgan fingerprint density at radius 3 is 2.42 bits per heavy atom. The van der Waals surface area contributed by atoms with E-state index < -0.39 is 0 Å². The maximum atomic E-state index is 11.8. The summed E-state index contributed by atoms with van der Waals surface area (Å²) in [6, 6.07) is 9.08. The van der Waals surface area contributed by atoms with Gasteiger partial charge in [-0.2, -0.15) is 0 Å². The molecule has 0 atom stereocenters. The van der Waals surface area contributed by atoms with E-state index in [1.165, 1.54) is 6.07 Å². The highest BCUT2D eigenvalue weighted by atomic mass is 32.2. The number of aryl methyl sites for hydroxylation is 1. The fourth-order valence-electron chi connectivity index (χ4n) is 2.41. The Bertz CT molecular complexity index is 933. The van der Waals surface area contributed by atoms with E-state index >= 15 is 0 Å². The Kier molecular flexibility index (Phi) is 4.97. The molecule has 1 aromatic carbocycles. The summed E-state index contributed by atoms with van der Waals surface area (Å²) in [4.78, 5) is 16.3. The van der Waals surface area contributed by atoms with E-state index in [1.54, 1.807) is 48.7 Å². The van der Waals surface area contributed by atoms with Gasteiger partial charge in [-0.3, -0.25) is 4.79 Å². The predicted molar refractivity (Wildman–Crippen MR) is 103 cm³/mol. The Labute approximate surface area is 149 Å².